The quantitative estimate of drug-likeness (QED) is 0.325. The minimum absolute atomic E-state index is 0.254. The lowest BCUT2D eigenvalue weighted by molar-refractivity contribution is 0.628. The zero-order valence-electron chi connectivity index (χ0n) is 13.8. The second-order valence-corrected chi connectivity index (χ2v) is 6.17. The molecule has 1 N–H and O–H groups in total. The van der Waals surface area contributed by atoms with Gasteiger partial charge in [-0.15, -0.1) is 0 Å². The van der Waals surface area contributed by atoms with E-state index in [1.54, 1.807) is 18.3 Å². The molecule has 0 spiro atoms. The topological polar surface area (TPSA) is 37.8 Å². The summed E-state index contributed by atoms with van der Waals surface area (Å²) < 4.78 is 13.3. The Kier molecular flexibility index (Phi) is 3.28. The van der Waals surface area contributed by atoms with Gasteiger partial charge in [0.05, 0.1) is 22.2 Å². The molecule has 0 amide bonds. The maximum Gasteiger partial charge on any atom is 0.123 e. The van der Waals surface area contributed by atoms with Gasteiger partial charge in [0.25, 0.3) is 0 Å². The number of fused-ring (bicyclic) bond motifs is 4. The van der Waals surface area contributed by atoms with Crippen LogP contribution in [0.15, 0.2) is 79.0 Å². The molecule has 5 rings (SSSR count). The van der Waals surface area contributed by atoms with Gasteiger partial charge in [-0.2, -0.15) is 0 Å². The fourth-order valence-electron chi connectivity index (χ4n) is 3.30. The number of hydrogen-bond acceptors (Lipinski definition) is 3. The van der Waals surface area contributed by atoms with Gasteiger partial charge in [0, 0.05) is 28.0 Å². The van der Waals surface area contributed by atoms with Gasteiger partial charge in [0.1, 0.15) is 5.82 Å². The van der Waals surface area contributed by atoms with E-state index in [1.807, 2.05) is 36.4 Å². The Hall–Kier alpha value is -3.53. The highest BCUT2D eigenvalue weighted by atomic mass is 19.1. The molecule has 3 nitrogen and oxygen atoms in total. The molecule has 124 valence electrons. The molecule has 0 bridgehead atoms. The van der Waals surface area contributed by atoms with Crippen LogP contribution in [0, 0.1) is 5.82 Å². The van der Waals surface area contributed by atoms with Crippen LogP contribution in [0.2, 0.25) is 0 Å². The van der Waals surface area contributed by atoms with Crippen LogP contribution in [0.1, 0.15) is 0 Å². The lowest BCUT2D eigenvalue weighted by Gasteiger charge is -2.14. The fraction of sp³-hybridized carbons (Fsp3) is 0. The zero-order chi connectivity index (χ0) is 17.5. The van der Waals surface area contributed by atoms with Crippen LogP contribution < -0.4 is 5.32 Å². The third-order valence-electron chi connectivity index (χ3n) is 4.54. The average Bonchev–Trinajstić information content (AvgIpc) is 2.69. The molecule has 2 heterocycles. The van der Waals surface area contributed by atoms with Crippen LogP contribution in [0.25, 0.3) is 32.7 Å². The third-order valence-corrected chi connectivity index (χ3v) is 4.54. The van der Waals surface area contributed by atoms with Crippen molar-refractivity contribution < 1.29 is 4.39 Å². The Labute approximate surface area is 149 Å². The van der Waals surface area contributed by atoms with E-state index in [-0.39, 0.29) is 5.82 Å². The van der Waals surface area contributed by atoms with E-state index in [9.17, 15) is 4.39 Å². The molecule has 0 atom stereocenters. The number of halogens is 1. The van der Waals surface area contributed by atoms with Crippen LogP contribution in [0.4, 0.5) is 15.8 Å². The standard InChI is InChI=1S/C22H14FN3/c23-15-8-10-16(11-9-15)25-21-17-5-1-2-6-19(17)26-22-18(21)12-7-14-4-3-13-24-20(14)22/h1-13H,(H,25,26). The van der Waals surface area contributed by atoms with Crippen molar-refractivity contribution in [2.75, 3.05) is 5.32 Å². The van der Waals surface area contributed by atoms with Gasteiger partial charge in [0.15, 0.2) is 0 Å². The predicted octanol–water partition coefficient (Wildman–Crippen LogP) is 5.82. The Morgan fingerprint density at radius 3 is 2.46 bits per heavy atom. The lowest BCUT2D eigenvalue weighted by Crippen LogP contribution is -1.96. The molecule has 0 aliphatic rings. The summed E-state index contributed by atoms with van der Waals surface area (Å²) in [5, 5.41) is 6.50. The van der Waals surface area contributed by atoms with Crippen LogP contribution >= 0.6 is 0 Å². The SMILES string of the molecule is Fc1ccc(Nc2c3ccccc3nc3c2ccc2cccnc23)cc1. The largest absolute Gasteiger partial charge is 0.354 e. The highest BCUT2D eigenvalue weighted by Gasteiger charge is 2.12. The molecule has 0 aliphatic heterocycles. The molecule has 0 saturated heterocycles. The molecular formula is C22H14FN3. The van der Waals surface area contributed by atoms with Gasteiger partial charge in [-0.25, -0.2) is 9.37 Å². The molecule has 2 aromatic heterocycles. The zero-order valence-corrected chi connectivity index (χ0v) is 13.8. The van der Waals surface area contributed by atoms with Crippen molar-refractivity contribution in [3.63, 3.8) is 0 Å². The first kappa shape index (κ1) is 14.8. The maximum absolute atomic E-state index is 13.3. The summed E-state index contributed by atoms with van der Waals surface area (Å²) in [6.07, 6.45) is 1.78. The van der Waals surface area contributed by atoms with E-state index in [4.69, 9.17) is 4.98 Å². The summed E-state index contributed by atoms with van der Waals surface area (Å²) in [5.41, 5.74) is 4.39. The molecule has 26 heavy (non-hydrogen) atoms. The smallest absolute Gasteiger partial charge is 0.123 e. The summed E-state index contributed by atoms with van der Waals surface area (Å²) in [6.45, 7) is 0. The second-order valence-electron chi connectivity index (χ2n) is 6.17. The van der Waals surface area contributed by atoms with E-state index < -0.39 is 0 Å². The summed E-state index contributed by atoms with van der Waals surface area (Å²) in [5.74, 6) is -0.254. The van der Waals surface area contributed by atoms with Gasteiger partial charge in [-0.3, -0.25) is 4.98 Å². The molecule has 3 aromatic carbocycles. The van der Waals surface area contributed by atoms with Gasteiger partial charge in [0.2, 0.25) is 0 Å². The highest BCUT2D eigenvalue weighted by Crippen LogP contribution is 2.35. The predicted molar refractivity (Wildman–Crippen MR) is 104 cm³/mol. The first-order valence-corrected chi connectivity index (χ1v) is 8.38. The van der Waals surface area contributed by atoms with Gasteiger partial charge < -0.3 is 5.32 Å². The van der Waals surface area contributed by atoms with Crippen molar-refractivity contribution in [1.29, 1.82) is 0 Å². The Morgan fingerprint density at radius 1 is 0.731 bits per heavy atom. The van der Waals surface area contributed by atoms with E-state index in [2.05, 4.69) is 22.4 Å². The van der Waals surface area contributed by atoms with Gasteiger partial charge >= 0.3 is 0 Å². The first-order valence-electron chi connectivity index (χ1n) is 8.38. The Morgan fingerprint density at radius 2 is 1.58 bits per heavy atom. The normalized spacial score (nSPS) is 11.3. The number of aromatic nitrogens is 2. The fourth-order valence-corrected chi connectivity index (χ4v) is 3.30. The molecule has 0 radical (unpaired) electrons. The number of rotatable bonds is 2. The molecule has 0 unspecified atom stereocenters. The molecule has 5 aromatic rings. The van der Waals surface area contributed by atoms with Gasteiger partial charge in [-0.05, 0) is 42.5 Å². The number of hydrogen-bond donors (Lipinski definition) is 1. The highest BCUT2D eigenvalue weighted by molar-refractivity contribution is 6.15. The number of pyridine rings is 2. The molecule has 4 heteroatoms. The maximum atomic E-state index is 13.3. The molecule has 0 aliphatic carbocycles. The number of benzene rings is 3. The summed E-state index contributed by atoms with van der Waals surface area (Å²) in [6, 6.07) is 22.4. The molecular weight excluding hydrogens is 325 g/mol. The molecule has 0 saturated carbocycles. The van der Waals surface area contributed by atoms with E-state index in [0.717, 1.165) is 44.1 Å². The summed E-state index contributed by atoms with van der Waals surface area (Å²) in [4.78, 5) is 9.40. The van der Waals surface area contributed by atoms with Crippen molar-refractivity contribution in [1.82, 2.24) is 9.97 Å². The minimum atomic E-state index is -0.254. The van der Waals surface area contributed by atoms with E-state index >= 15 is 0 Å². The Bertz CT molecular complexity index is 1260. The van der Waals surface area contributed by atoms with E-state index in [1.165, 1.54) is 12.1 Å². The van der Waals surface area contributed by atoms with E-state index in [0.29, 0.717) is 0 Å². The second kappa shape index (κ2) is 5.77. The number of para-hydroxylation sites is 1. The van der Waals surface area contributed by atoms with Crippen molar-refractivity contribution in [3.8, 4) is 0 Å². The van der Waals surface area contributed by atoms with Crippen molar-refractivity contribution in [2.45, 2.75) is 0 Å². The Balaban J connectivity index is 1.85. The number of nitrogens with one attached hydrogen (secondary N) is 1. The third kappa shape index (κ3) is 2.35. The van der Waals surface area contributed by atoms with Crippen LogP contribution in [0.5, 0.6) is 0 Å². The average molecular weight is 339 g/mol. The minimum Gasteiger partial charge on any atom is -0.354 e. The van der Waals surface area contributed by atoms with Crippen LogP contribution in [-0.4, -0.2) is 9.97 Å². The lowest BCUT2D eigenvalue weighted by atomic mass is 10.0. The van der Waals surface area contributed by atoms with Crippen molar-refractivity contribution in [3.05, 3.63) is 84.8 Å². The summed E-state index contributed by atoms with van der Waals surface area (Å²) >= 11 is 0. The first-order chi connectivity index (χ1) is 12.8. The molecule has 0 fully saturated rings. The number of nitrogens with zero attached hydrogens (tertiary/aromatic N) is 2. The monoisotopic (exact) mass is 339 g/mol. The van der Waals surface area contributed by atoms with Crippen LogP contribution in [0.3, 0.4) is 0 Å². The van der Waals surface area contributed by atoms with Crippen LogP contribution in [-0.2, 0) is 0 Å². The summed E-state index contributed by atoms with van der Waals surface area (Å²) in [7, 11) is 0. The van der Waals surface area contributed by atoms with Crippen molar-refractivity contribution in [2.24, 2.45) is 0 Å². The van der Waals surface area contributed by atoms with Gasteiger partial charge in [-0.1, -0.05) is 30.3 Å². The van der Waals surface area contributed by atoms with Crippen molar-refractivity contribution >= 4 is 44.1 Å². The number of anilines is 2.